The van der Waals surface area contributed by atoms with E-state index in [0.29, 0.717) is 11.3 Å². The number of carbonyl (C=O) groups is 1. The number of aromatic hydroxyl groups is 1. The number of phenols is 1. The summed E-state index contributed by atoms with van der Waals surface area (Å²) in [5.74, 6) is -0.182. The number of aryl methyl sites for hydroxylation is 1. The Balaban J connectivity index is 2.40. The molecular formula is C15H16N2O2S. The summed E-state index contributed by atoms with van der Waals surface area (Å²) in [6.45, 7) is 1.97. The van der Waals surface area contributed by atoms with E-state index in [4.69, 9.17) is 5.73 Å². The molecule has 0 heterocycles. The van der Waals surface area contributed by atoms with E-state index >= 15 is 0 Å². The first-order valence-electron chi connectivity index (χ1n) is 6.10. The molecule has 0 bridgehead atoms. The van der Waals surface area contributed by atoms with Crippen molar-refractivity contribution in [1.82, 2.24) is 5.32 Å². The normalized spacial score (nSPS) is 10.3. The summed E-state index contributed by atoms with van der Waals surface area (Å²) >= 11 is 1.40. The number of anilines is 1. The topological polar surface area (TPSA) is 75.3 Å². The maximum absolute atomic E-state index is 11.8. The van der Waals surface area contributed by atoms with Gasteiger partial charge in [-0.25, -0.2) is 0 Å². The molecular weight excluding hydrogens is 272 g/mol. The van der Waals surface area contributed by atoms with Crippen molar-refractivity contribution in [1.29, 1.82) is 0 Å². The largest absolute Gasteiger partial charge is 0.508 e. The van der Waals surface area contributed by atoms with Gasteiger partial charge in [-0.3, -0.25) is 4.79 Å². The second-order valence-electron chi connectivity index (χ2n) is 4.40. The van der Waals surface area contributed by atoms with Crippen LogP contribution in [0.4, 0.5) is 5.69 Å². The van der Waals surface area contributed by atoms with Crippen LogP contribution in [0, 0.1) is 6.92 Å². The SMILES string of the molecule is CNC(=O)c1cc(O)ccc1Sc1ccc(C)cc1N. The van der Waals surface area contributed by atoms with Crippen LogP contribution in [0.25, 0.3) is 0 Å². The van der Waals surface area contributed by atoms with Crippen molar-refractivity contribution in [3.8, 4) is 5.75 Å². The van der Waals surface area contributed by atoms with E-state index in [0.717, 1.165) is 15.4 Å². The molecule has 0 saturated carbocycles. The third-order valence-electron chi connectivity index (χ3n) is 2.82. The van der Waals surface area contributed by atoms with Crippen molar-refractivity contribution < 1.29 is 9.90 Å². The van der Waals surface area contributed by atoms with Crippen LogP contribution < -0.4 is 11.1 Å². The lowest BCUT2D eigenvalue weighted by Gasteiger charge is -2.10. The molecule has 0 radical (unpaired) electrons. The minimum Gasteiger partial charge on any atom is -0.508 e. The Morgan fingerprint density at radius 1 is 1.20 bits per heavy atom. The third-order valence-corrected chi connectivity index (χ3v) is 3.99. The van der Waals surface area contributed by atoms with E-state index in [1.54, 1.807) is 19.2 Å². The van der Waals surface area contributed by atoms with Gasteiger partial charge in [0.25, 0.3) is 5.91 Å². The van der Waals surface area contributed by atoms with Gasteiger partial charge in [0.1, 0.15) is 5.75 Å². The monoisotopic (exact) mass is 288 g/mol. The van der Waals surface area contributed by atoms with Crippen LogP contribution in [0.5, 0.6) is 5.75 Å². The quantitative estimate of drug-likeness (QED) is 0.759. The Labute approximate surface area is 122 Å². The number of benzene rings is 2. The zero-order chi connectivity index (χ0) is 14.7. The number of rotatable bonds is 3. The predicted molar refractivity (Wildman–Crippen MR) is 81.2 cm³/mol. The molecule has 20 heavy (non-hydrogen) atoms. The molecule has 0 fully saturated rings. The minimum atomic E-state index is -0.242. The second-order valence-corrected chi connectivity index (χ2v) is 5.49. The van der Waals surface area contributed by atoms with E-state index in [9.17, 15) is 9.90 Å². The van der Waals surface area contributed by atoms with Gasteiger partial charge >= 0.3 is 0 Å². The summed E-state index contributed by atoms with van der Waals surface area (Å²) in [6, 6.07) is 10.5. The van der Waals surface area contributed by atoms with E-state index in [1.165, 1.54) is 17.8 Å². The molecule has 0 atom stereocenters. The smallest absolute Gasteiger partial charge is 0.252 e. The van der Waals surface area contributed by atoms with Gasteiger partial charge in [0.05, 0.1) is 5.56 Å². The van der Waals surface area contributed by atoms with Gasteiger partial charge < -0.3 is 16.2 Å². The van der Waals surface area contributed by atoms with Gasteiger partial charge in [0.15, 0.2) is 0 Å². The van der Waals surface area contributed by atoms with Gasteiger partial charge in [-0.15, -0.1) is 0 Å². The Morgan fingerprint density at radius 2 is 1.90 bits per heavy atom. The van der Waals surface area contributed by atoms with Crippen LogP contribution in [0.2, 0.25) is 0 Å². The van der Waals surface area contributed by atoms with Crippen LogP contribution in [-0.2, 0) is 0 Å². The number of hydrogen-bond acceptors (Lipinski definition) is 4. The molecule has 5 heteroatoms. The van der Waals surface area contributed by atoms with Gasteiger partial charge in [-0.05, 0) is 42.8 Å². The number of nitrogen functional groups attached to an aromatic ring is 1. The van der Waals surface area contributed by atoms with Gasteiger partial charge in [-0.2, -0.15) is 0 Å². The van der Waals surface area contributed by atoms with Crippen molar-refractivity contribution in [2.75, 3.05) is 12.8 Å². The number of hydrogen-bond donors (Lipinski definition) is 3. The molecule has 0 aliphatic carbocycles. The highest BCUT2D eigenvalue weighted by atomic mass is 32.2. The Kier molecular flexibility index (Phi) is 4.20. The zero-order valence-corrected chi connectivity index (χ0v) is 12.1. The van der Waals surface area contributed by atoms with E-state index in [1.807, 2.05) is 25.1 Å². The predicted octanol–water partition coefficient (Wildman–Crippen LogP) is 2.79. The van der Waals surface area contributed by atoms with Gasteiger partial charge in [0, 0.05) is 22.5 Å². The molecule has 2 aromatic rings. The molecule has 0 unspecified atom stereocenters. The molecule has 0 aromatic heterocycles. The average molecular weight is 288 g/mol. The summed E-state index contributed by atoms with van der Waals surface area (Å²) in [4.78, 5) is 13.5. The molecule has 0 aliphatic heterocycles. The Bertz CT molecular complexity index is 656. The highest BCUT2D eigenvalue weighted by Crippen LogP contribution is 2.35. The molecule has 2 aromatic carbocycles. The van der Waals surface area contributed by atoms with E-state index in [2.05, 4.69) is 5.32 Å². The lowest BCUT2D eigenvalue weighted by atomic mass is 10.2. The van der Waals surface area contributed by atoms with Crippen LogP contribution in [-0.4, -0.2) is 18.1 Å². The summed E-state index contributed by atoms with van der Waals surface area (Å²) in [7, 11) is 1.56. The van der Waals surface area contributed by atoms with Crippen molar-refractivity contribution in [2.45, 2.75) is 16.7 Å². The highest BCUT2D eigenvalue weighted by molar-refractivity contribution is 7.99. The van der Waals surface area contributed by atoms with Crippen molar-refractivity contribution in [3.63, 3.8) is 0 Å². The molecule has 1 amide bonds. The third kappa shape index (κ3) is 3.05. The molecule has 0 saturated heterocycles. The first kappa shape index (κ1) is 14.3. The van der Waals surface area contributed by atoms with Crippen molar-refractivity contribution >= 4 is 23.4 Å². The van der Waals surface area contributed by atoms with Crippen molar-refractivity contribution in [3.05, 3.63) is 47.5 Å². The number of nitrogens with one attached hydrogen (secondary N) is 1. The number of amides is 1. The summed E-state index contributed by atoms with van der Waals surface area (Å²) in [5.41, 5.74) is 8.17. The minimum absolute atomic E-state index is 0.0600. The molecule has 0 aliphatic rings. The van der Waals surface area contributed by atoms with Gasteiger partial charge in [0.2, 0.25) is 0 Å². The maximum Gasteiger partial charge on any atom is 0.252 e. The maximum atomic E-state index is 11.8. The number of nitrogens with two attached hydrogens (primary N) is 1. The molecule has 0 spiro atoms. The Morgan fingerprint density at radius 3 is 2.55 bits per heavy atom. The Hall–Kier alpha value is -2.14. The van der Waals surface area contributed by atoms with Crippen LogP contribution >= 0.6 is 11.8 Å². The first-order chi connectivity index (χ1) is 9.51. The second kappa shape index (κ2) is 5.88. The van der Waals surface area contributed by atoms with Crippen LogP contribution in [0.3, 0.4) is 0 Å². The number of phenolic OH excluding ortho intramolecular Hbond substituents is 1. The van der Waals surface area contributed by atoms with Crippen LogP contribution in [0.1, 0.15) is 15.9 Å². The molecule has 4 nitrogen and oxygen atoms in total. The number of carbonyl (C=O) groups excluding carboxylic acids is 1. The van der Waals surface area contributed by atoms with Crippen molar-refractivity contribution in [2.24, 2.45) is 0 Å². The summed E-state index contributed by atoms with van der Waals surface area (Å²) in [5, 5.41) is 12.1. The van der Waals surface area contributed by atoms with E-state index in [-0.39, 0.29) is 11.7 Å². The fourth-order valence-corrected chi connectivity index (χ4v) is 2.75. The standard InChI is InChI=1S/C15H16N2O2S/c1-9-3-5-14(12(16)7-9)20-13-6-4-10(18)8-11(13)15(19)17-2/h3-8,18H,16H2,1-2H3,(H,17,19). The zero-order valence-electron chi connectivity index (χ0n) is 11.3. The average Bonchev–Trinajstić information content (AvgIpc) is 2.42. The molecule has 4 N–H and O–H groups in total. The fourth-order valence-electron chi connectivity index (χ4n) is 1.80. The fraction of sp³-hybridized carbons (Fsp3) is 0.133. The molecule has 2 rings (SSSR count). The lowest BCUT2D eigenvalue weighted by molar-refractivity contribution is 0.0960. The molecule has 104 valence electrons. The lowest BCUT2D eigenvalue weighted by Crippen LogP contribution is -2.18. The highest BCUT2D eigenvalue weighted by Gasteiger charge is 2.13. The van der Waals surface area contributed by atoms with Crippen LogP contribution in [0.15, 0.2) is 46.2 Å². The van der Waals surface area contributed by atoms with E-state index < -0.39 is 0 Å². The first-order valence-corrected chi connectivity index (χ1v) is 6.92. The summed E-state index contributed by atoms with van der Waals surface area (Å²) in [6.07, 6.45) is 0. The van der Waals surface area contributed by atoms with Gasteiger partial charge in [-0.1, -0.05) is 17.8 Å². The summed E-state index contributed by atoms with van der Waals surface area (Å²) < 4.78 is 0.